The first-order valence-corrected chi connectivity index (χ1v) is 7.05. The van der Waals surface area contributed by atoms with E-state index >= 15 is 0 Å². The number of hydrogen-bond donors (Lipinski definition) is 1. The molecule has 3 heteroatoms. The summed E-state index contributed by atoms with van der Waals surface area (Å²) in [6.07, 6.45) is 1.37. The van der Waals surface area contributed by atoms with Crippen LogP contribution in [0.2, 0.25) is 0 Å². The lowest BCUT2D eigenvalue weighted by Gasteiger charge is -2.52. The fourth-order valence-electron chi connectivity index (χ4n) is 2.78. The summed E-state index contributed by atoms with van der Waals surface area (Å²) in [5, 5.41) is 3.54. The SMILES string of the molecule is CCOC1CC(NCc2cc(F)ccc2C)C1(C)C. The predicted octanol–water partition coefficient (Wildman–Crippen LogP) is 3.43. The van der Waals surface area contributed by atoms with E-state index in [9.17, 15) is 4.39 Å². The average Bonchev–Trinajstić information content (AvgIpc) is 2.36. The van der Waals surface area contributed by atoms with Gasteiger partial charge in [0.05, 0.1) is 6.10 Å². The number of ether oxygens (including phenoxy) is 1. The third-order valence-corrected chi connectivity index (χ3v) is 4.40. The Bertz CT molecular complexity index is 444. The maximum Gasteiger partial charge on any atom is 0.123 e. The summed E-state index contributed by atoms with van der Waals surface area (Å²) >= 11 is 0. The highest BCUT2D eigenvalue weighted by molar-refractivity contribution is 5.26. The third kappa shape index (κ3) is 2.98. The van der Waals surface area contributed by atoms with Crippen LogP contribution in [-0.4, -0.2) is 18.8 Å². The van der Waals surface area contributed by atoms with Gasteiger partial charge < -0.3 is 10.1 Å². The number of rotatable bonds is 5. The van der Waals surface area contributed by atoms with Crippen molar-refractivity contribution in [2.24, 2.45) is 5.41 Å². The van der Waals surface area contributed by atoms with Gasteiger partial charge in [0.25, 0.3) is 0 Å². The molecular weight excluding hydrogens is 241 g/mol. The number of hydrogen-bond acceptors (Lipinski definition) is 2. The second-order valence-electron chi connectivity index (χ2n) is 6.01. The summed E-state index contributed by atoms with van der Waals surface area (Å²) in [6.45, 7) is 10.00. The monoisotopic (exact) mass is 265 g/mol. The fourth-order valence-corrected chi connectivity index (χ4v) is 2.78. The maximum absolute atomic E-state index is 13.2. The molecule has 1 aromatic rings. The van der Waals surface area contributed by atoms with Crippen LogP contribution >= 0.6 is 0 Å². The van der Waals surface area contributed by atoms with Crippen molar-refractivity contribution in [2.75, 3.05) is 6.61 Å². The van der Waals surface area contributed by atoms with Crippen molar-refractivity contribution in [3.63, 3.8) is 0 Å². The van der Waals surface area contributed by atoms with Gasteiger partial charge in [-0.2, -0.15) is 0 Å². The lowest BCUT2D eigenvalue weighted by molar-refractivity contribution is -0.114. The summed E-state index contributed by atoms with van der Waals surface area (Å²) in [7, 11) is 0. The molecular formula is C16H24FNO. The van der Waals surface area contributed by atoms with Crippen molar-refractivity contribution in [1.82, 2.24) is 5.32 Å². The van der Waals surface area contributed by atoms with Crippen LogP contribution < -0.4 is 5.32 Å². The molecule has 0 radical (unpaired) electrons. The van der Waals surface area contributed by atoms with Crippen LogP contribution in [0.3, 0.4) is 0 Å². The van der Waals surface area contributed by atoms with E-state index in [4.69, 9.17) is 4.74 Å². The van der Waals surface area contributed by atoms with E-state index in [1.54, 1.807) is 6.07 Å². The summed E-state index contributed by atoms with van der Waals surface area (Å²) in [5.41, 5.74) is 2.32. The van der Waals surface area contributed by atoms with Gasteiger partial charge in [-0.1, -0.05) is 19.9 Å². The van der Waals surface area contributed by atoms with Gasteiger partial charge in [-0.15, -0.1) is 0 Å². The van der Waals surface area contributed by atoms with Crippen LogP contribution in [0.15, 0.2) is 18.2 Å². The molecule has 0 heterocycles. The third-order valence-electron chi connectivity index (χ3n) is 4.40. The van der Waals surface area contributed by atoms with Gasteiger partial charge in [-0.05, 0) is 43.5 Å². The van der Waals surface area contributed by atoms with Crippen LogP contribution in [0, 0.1) is 18.2 Å². The minimum absolute atomic E-state index is 0.150. The van der Waals surface area contributed by atoms with Gasteiger partial charge in [-0.25, -0.2) is 4.39 Å². The van der Waals surface area contributed by atoms with Gasteiger partial charge in [0.1, 0.15) is 5.82 Å². The van der Waals surface area contributed by atoms with E-state index in [1.807, 2.05) is 19.9 Å². The molecule has 1 aromatic carbocycles. The van der Waals surface area contributed by atoms with Gasteiger partial charge in [0, 0.05) is 24.6 Å². The molecule has 0 saturated heterocycles. The number of nitrogens with one attached hydrogen (secondary N) is 1. The maximum atomic E-state index is 13.2. The Labute approximate surface area is 115 Å². The zero-order valence-corrected chi connectivity index (χ0v) is 12.3. The molecule has 106 valence electrons. The molecule has 1 aliphatic carbocycles. The number of benzene rings is 1. The molecule has 0 aromatic heterocycles. The Morgan fingerprint density at radius 3 is 2.79 bits per heavy atom. The topological polar surface area (TPSA) is 21.3 Å². The van der Waals surface area contributed by atoms with Crippen LogP contribution in [0.5, 0.6) is 0 Å². The van der Waals surface area contributed by atoms with Crippen molar-refractivity contribution < 1.29 is 9.13 Å². The van der Waals surface area contributed by atoms with E-state index in [0.29, 0.717) is 12.1 Å². The first kappa shape index (κ1) is 14.5. The summed E-state index contributed by atoms with van der Waals surface area (Å²) in [5.74, 6) is -0.164. The molecule has 1 saturated carbocycles. The van der Waals surface area contributed by atoms with Crippen LogP contribution in [0.4, 0.5) is 4.39 Å². The predicted molar refractivity (Wildman–Crippen MR) is 75.6 cm³/mol. The first-order valence-electron chi connectivity index (χ1n) is 7.05. The van der Waals surface area contributed by atoms with Crippen molar-refractivity contribution in [1.29, 1.82) is 0 Å². The minimum atomic E-state index is -0.164. The quantitative estimate of drug-likeness (QED) is 0.880. The summed E-state index contributed by atoms with van der Waals surface area (Å²) < 4.78 is 19.0. The number of aryl methyl sites for hydroxylation is 1. The average molecular weight is 265 g/mol. The molecule has 1 N–H and O–H groups in total. The standard InChI is InChI=1S/C16H24FNO/c1-5-19-15-9-14(16(15,3)4)18-10-12-8-13(17)7-6-11(12)2/h6-8,14-15,18H,5,9-10H2,1-4H3. The summed E-state index contributed by atoms with van der Waals surface area (Å²) in [6, 6.07) is 5.40. The highest BCUT2D eigenvalue weighted by Gasteiger charge is 2.48. The van der Waals surface area contributed by atoms with Crippen molar-refractivity contribution in [2.45, 2.75) is 52.8 Å². The zero-order valence-electron chi connectivity index (χ0n) is 12.3. The minimum Gasteiger partial charge on any atom is -0.378 e. The lowest BCUT2D eigenvalue weighted by atomic mass is 9.64. The highest BCUT2D eigenvalue weighted by atomic mass is 19.1. The Morgan fingerprint density at radius 1 is 1.42 bits per heavy atom. The van der Waals surface area contributed by atoms with E-state index in [0.717, 1.165) is 30.7 Å². The normalized spacial score (nSPS) is 25.1. The first-order chi connectivity index (χ1) is 8.95. The Morgan fingerprint density at radius 2 is 2.16 bits per heavy atom. The van der Waals surface area contributed by atoms with Crippen LogP contribution in [0.1, 0.15) is 38.3 Å². The molecule has 2 atom stereocenters. The molecule has 2 unspecified atom stereocenters. The van der Waals surface area contributed by atoms with Gasteiger partial charge in [0.15, 0.2) is 0 Å². The molecule has 1 aliphatic rings. The van der Waals surface area contributed by atoms with Gasteiger partial charge >= 0.3 is 0 Å². The van der Waals surface area contributed by atoms with E-state index < -0.39 is 0 Å². The largest absolute Gasteiger partial charge is 0.378 e. The molecule has 0 aliphatic heterocycles. The van der Waals surface area contributed by atoms with Gasteiger partial charge in [0.2, 0.25) is 0 Å². The van der Waals surface area contributed by atoms with E-state index in [2.05, 4.69) is 19.2 Å². The zero-order chi connectivity index (χ0) is 14.0. The summed E-state index contributed by atoms with van der Waals surface area (Å²) in [4.78, 5) is 0. The second-order valence-corrected chi connectivity index (χ2v) is 6.01. The van der Waals surface area contributed by atoms with Crippen molar-refractivity contribution in [3.8, 4) is 0 Å². The Kier molecular flexibility index (Phi) is 4.26. The molecule has 0 amide bonds. The van der Waals surface area contributed by atoms with Gasteiger partial charge in [-0.3, -0.25) is 0 Å². The molecule has 19 heavy (non-hydrogen) atoms. The smallest absolute Gasteiger partial charge is 0.123 e. The molecule has 0 bridgehead atoms. The molecule has 1 fully saturated rings. The van der Waals surface area contributed by atoms with Crippen molar-refractivity contribution in [3.05, 3.63) is 35.1 Å². The van der Waals surface area contributed by atoms with Crippen LogP contribution in [0.25, 0.3) is 0 Å². The molecule has 2 nitrogen and oxygen atoms in total. The van der Waals surface area contributed by atoms with Crippen LogP contribution in [-0.2, 0) is 11.3 Å². The lowest BCUT2D eigenvalue weighted by Crippen LogP contribution is -2.60. The van der Waals surface area contributed by atoms with Crippen molar-refractivity contribution >= 4 is 0 Å². The highest BCUT2D eigenvalue weighted by Crippen LogP contribution is 2.42. The fraction of sp³-hybridized carbons (Fsp3) is 0.625. The number of halogens is 1. The molecule has 2 rings (SSSR count). The Hall–Kier alpha value is -0.930. The Balaban J connectivity index is 1.92. The van der Waals surface area contributed by atoms with E-state index in [-0.39, 0.29) is 11.2 Å². The van der Waals surface area contributed by atoms with E-state index in [1.165, 1.54) is 6.07 Å². The molecule has 0 spiro atoms. The second kappa shape index (κ2) is 5.59.